The zero-order chi connectivity index (χ0) is 36.0. The van der Waals surface area contributed by atoms with Crippen LogP contribution in [0.2, 0.25) is 0 Å². The number of H-pyrrole nitrogens is 1. The van der Waals surface area contributed by atoms with Gasteiger partial charge >= 0.3 is 6.09 Å². The molecule has 8 rings (SSSR count). The van der Waals surface area contributed by atoms with Crippen molar-refractivity contribution in [3.8, 4) is 11.5 Å². The van der Waals surface area contributed by atoms with Crippen LogP contribution in [0.4, 0.5) is 4.79 Å². The number of fused-ring (bicyclic) bond motifs is 4. The van der Waals surface area contributed by atoms with Crippen LogP contribution in [0.1, 0.15) is 58.4 Å². The molecule has 3 saturated heterocycles. The first-order chi connectivity index (χ1) is 25.3. The number of phenols is 1. The monoisotopic (exact) mass is 702 g/mol. The number of aromatic nitrogens is 1. The molecule has 10 heteroatoms. The van der Waals surface area contributed by atoms with Crippen LogP contribution in [0.25, 0.3) is 10.9 Å². The third-order valence-corrected chi connectivity index (χ3v) is 10.4. The van der Waals surface area contributed by atoms with E-state index in [-0.39, 0.29) is 23.5 Å². The highest BCUT2D eigenvalue weighted by Gasteiger charge is 2.37. The summed E-state index contributed by atoms with van der Waals surface area (Å²) in [6, 6.07) is 29.9. The number of aliphatic hydroxyl groups excluding tert-OH is 1. The number of aryl methyl sites for hydroxylation is 1. The van der Waals surface area contributed by atoms with Gasteiger partial charge in [-0.05, 0) is 109 Å². The van der Waals surface area contributed by atoms with Gasteiger partial charge in [0.2, 0.25) is 5.56 Å². The number of hydrogen-bond acceptors (Lipinski definition) is 8. The molecule has 52 heavy (non-hydrogen) atoms. The predicted molar refractivity (Wildman–Crippen MR) is 201 cm³/mol. The summed E-state index contributed by atoms with van der Waals surface area (Å²) in [6.45, 7) is 6.45. The minimum Gasteiger partial charge on any atom is -0.506 e. The number of amides is 1. The van der Waals surface area contributed by atoms with E-state index in [1.54, 1.807) is 12.1 Å². The number of carbonyl (C=O) groups excluding carboxylic acids is 1. The molecular formula is C42H46N4O6. The Bertz CT molecular complexity index is 2060. The van der Waals surface area contributed by atoms with Crippen molar-refractivity contribution in [2.75, 3.05) is 32.7 Å². The number of hydrogen-bond donors (Lipinski definition) is 5. The topological polar surface area (TPSA) is 136 Å². The number of alkyl carbamates (subject to hydrolysis) is 1. The number of aromatic amines is 1. The van der Waals surface area contributed by atoms with Crippen molar-refractivity contribution in [2.24, 2.45) is 5.92 Å². The highest BCUT2D eigenvalue weighted by Crippen LogP contribution is 2.31. The molecule has 3 fully saturated rings. The van der Waals surface area contributed by atoms with E-state index in [0.29, 0.717) is 47.8 Å². The van der Waals surface area contributed by atoms with Gasteiger partial charge in [-0.25, -0.2) is 4.79 Å². The van der Waals surface area contributed by atoms with Gasteiger partial charge in [0.05, 0.1) is 17.7 Å². The van der Waals surface area contributed by atoms with Gasteiger partial charge in [0.25, 0.3) is 0 Å². The van der Waals surface area contributed by atoms with E-state index < -0.39 is 12.2 Å². The number of pyridine rings is 1. The molecule has 4 heterocycles. The van der Waals surface area contributed by atoms with E-state index in [1.807, 2.05) is 54.6 Å². The lowest BCUT2D eigenvalue weighted by atomic mass is 9.86. The fraction of sp³-hybridized carbons (Fsp3) is 0.333. The van der Waals surface area contributed by atoms with Crippen LogP contribution in [0, 0.1) is 12.8 Å². The van der Waals surface area contributed by atoms with E-state index in [4.69, 9.17) is 9.47 Å². The first-order valence-electron chi connectivity index (χ1n) is 18.1. The molecule has 0 radical (unpaired) electrons. The molecule has 270 valence electrons. The van der Waals surface area contributed by atoms with Crippen LogP contribution >= 0.6 is 0 Å². The van der Waals surface area contributed by atoms with Crippen molar-refractivity contribution in [1.29, 1.82) is 0 Å². The van der Waals surface area contributed by atoms with Crippen molar-refractivity contribution < 1.29 is 24.5 Å². The molecule has 0 aliphatic carbocycles. The zero-order valence-corrected chi connectivity index (χ0v) is 29.4. The summed E-state index contributed by atoms with van der Waals surface area (Å²) in [5, 5.41) is 28.1. The lowest BCUT2D eigenvalue weighted by molar-refractivity contribution is -0.0336. The van der Waals surface area contributed by atoms with Gasteiger partial charge in [0.1, 0.15) is 24.2 Å². The molecule has 1 unspecified atom stereocenters. The summed E-state index contributed by atoms with van der Waals surface area (Å²) in [5.74, 6) is 1.12. The van der Waals surface area contributed by atoms with Crippen molar-refractivity contribution in [3.63, 3.8) is 0 Å². The fourth-order valence-corrected chi connectivity index (χ4v) is 7.49. The maximum atomic E-state index is 13.2. The van der Waals surface area contributed by atoms with Crippen LogP contribution in [-0.2, 0) is 17.8 Å². The molecule has 5 aromatic rings. The molecule has 1 aromatic heterocycles. The molecule has 3 atom stereocenters. The number of benzene rings is 4. The molecule has 0 spiro atoms. The second-order valence-corrected chi connectivity index (χ2v) is 13.9. The van der Waals surface area contributed by atoms with Crippen LogP contribution in [-0.4, -0.2) is 65.0 Å². The number of aliphatic hydroxyl groups is 1. The number of carbonyl (C=O) groups is 1. The number of rotatable bonds is 13. The molecule has 1 amide bonds. The average molecular weight is 703 g/mol. The normalized spacial score (nSPS) is 19.2. The van der Waals surface area contributed by atoms with Crippen molar-refractivity contribution in [2.45, 2.75) is 51.0 Å². The lowest BCUT2D eigenvalue weighted by Crippen LogP contribution is -2.52. The smallest absolute Gasteiger partial charge is 0.408 e. The first kappa shape index (κ1) is 35.3. The first-order valence-corrected chi connectivity index (χ1v) is 18.1. The largest absolute Gasteiger partial charge is 0.506 e. The van der Waals surface area contributed by atoms with Gasteiger partial charge in [0, 0.05) is 24.5 Å². The van der Waals surface area contributed by atoms with Gasteiger partial charge in [-0.15, -0.1) is 0 Å². The van der Waals surface area contributed by atoms with E-state index in [2.05, 4.69) is 45.6 Å². The van der Waals surface area contributed by atoms with E-state index in [1.165, 1.54) is 17.7 Å². The number of nitrogens with zero attached hydrogens (tertiary/aromatic N) is 1. The van der Waals surface area contributed by atoms with E-state index in [9.17, 15) is 19.8 Å². The Labute approximate surface area is 303 Å². The Hall–Kier alpha value is -5.16. The van der Waals surface area contributed by atoms with Crippen LogP contribution in [0.3, 0.4) is 0 Å². The van der Waals surface area contributed by atoms with Gasteiger partial charge in [0.15, 0.2) is 0 Å². The number of piperidine rings is 3. The zero-order valence-electron chi connectivity index (χ0n) is 29.4. The molecule has 10 nitrogen and oxygen atoms in total. The van der Waals surface area contributed by atoms with Crippen LogP contribution < -0.4 is 20.9 Å². The molecule has 3 aliphatic heterocycles. The van der Waals surface area contributed by atoms with E-state index in [0.717, 1.165) is 61.2 Å². The highest BCUT2D eigenvalue weighted by molar-refractivity contribution is 5.87. The number of phenolic OH excluding ortho intramolecular Hbond substituents is 1. The second kappa shape index (κ2) is 16.0. The quantitative estimate of drug-likeness (QED) is 0.0959. The van der Waals surface area contributed by atoms with Crippen molar-refractivity contribution >= 4 is 17.0 Å². The van der Waals surface area contributed by atoms with Gasteiger partial charge < -0.3 is 35.3 Å². The third kappa shape index (κ3) is 8.31. The Kier molecular flexibility index (Phi) is 10.9. The molecule has 5 N–H and O–H groups in total. The van der Waals surface area contributed by atoms with Crippen molar-refractivity contribution in [1.82, 2.24) is 20.5 Å². The molecular weight excluding hydrogens is 656 g/mol. The summed E-state index contributed by atoms with van der Waals surface area (Å²) in [4.78, 5) is 30.0. The maximum Gasteiger partial charge on any atom is 0.408 e. The SMILES string of the molecule is Cc1cc(CCNC[C@@H](O)c2ccc(O)c3[nH]c(=O)ccc23)ccc1COc1cccc(C(NC(=O)O[C@H]2CN3CCC2CC3)c2ccccc2)c1. The van der Waals surface area contributed by atoms with Crippen LogP contribution in [0.15, 0.2) is 102 Å². The van der Waals surface area contributed by atoms with Gasteiger partial charge in [-0.1, -0.05) is 66.7 Å². The maximum absolute atomic E-state index is 13.2. The summed E-state index contributed by atoms with van der Waals surface area (Å²) >= 11 is 0. The van der Waals surface area contributed by atoms with Crippen molar-refractivity contribution in [3.05, 3.63) is 141 Å². The Balaban J connectivity index is 0.933. The summed E-state index contributed by atoms with van der Waals surface area (Å²) < 4.78 is 12.3. The summed E-state index contributed by atoms with van der Waals surface area (Å²) in [6.07, 6.45) is 1.66. The van der Waals surface area contributed by atoms with E-state index >= 15 is 0 Å². The number of ether oxygens (including phenoxy) is 2. The summed E-state index contributed by atoms with van der Waals surface area (Å²) in [5.41, 5.74) is 5.89. The third-order valence-electron chi connectivity index (χ3n) is 10.4. The van der Waals surface area contributed by atoms with Gasteiger partial charge in [-0.2, -0.15) is 0 Å². The Morgan fingerprint density at radius 2 is 1.77 bits per heavy atom. The van der Waals surface area contributed by atoms with Crippen LogP contribution in [0.5, 0.6) is 11.5 Å². The number of nitrogens with one attached hydrogen (secondary N) is 3. The predicted octanol–water partition coefficient (Wildman–Crippen LogP) is 5.90. The second-order valence-electron chi connectivity index (χ2n) is 13.9. The molecule has 3 aliphatic rings. The molecule has 0 saturated carbocycles. The minimum atomic E-state index is -0.809. The Morgan fingerprint density at radius 1 is 0.962 bits per heavy atom. The summed E-state index contributed by atoms with van der Waals surface area (Å²) in [7, 11) is 0. The standard InChI is InChI=1S/C42H46N4O6/c1-27-22-28(16-19-43-24-37(48)34-12-14-36(47)41-35(34)13-15-39(49)44-41)10-11-32(27)26-51-33-9-5-8-31(23-33)40(30-6-3-2-4-7-30)45-42(50)52-38-25-46-20-17-29(38)18-21-46/h2-15,22-23,29,37-38,40,43,47-48H,16-21,24-26H2,1H3,(H,44,49)(H,45,50)/t37-,38+,40?/m1/s1. The minimum absolute atomic E-state index is 0.0307. The number of aromatic hydroxyl groups is 1. The molecule has 2 bridgehead atoms. The van der Waals surface area contributed by atoms with Gasteiger partial charge in [-0.3, -0.25) is 9.69 Å². The lowest BCUT2D eigenvalue weighted by Gasteiger charge is -2.43. The highest BCUT2D eigenvalue weighted by atomic mass is 16.6. The molecule has 4 aromatic carbocycles. The average Bonchev–Trinajstić information content (AvgIpc) is 3.16. The Morgan fingerprint density at radius 3 is 2.54 bits per heavy atom. The fourth-order valence-electron chi connectivity index (χ4n) is 7.49.